The molecule has 2 rings (SSSR count). The molecule has 0 spiro atoms. The summed E-state index contributed by atoms with van der Waals surface area (Å²) in [5.41, 5.74) is -0.163. The predicted octanol–water partition coefficient (Wildman–Crippen LogP) is 1.49. The molecular formula is C12H12ClFN2O2. The molecule has 2 N–H and O–H groups in total. The van der Waals surface area contributed by atoms with Crippen LogP contribution >= 0.6 is 11.6 Å². The van der Waals surface area contributed by atoms with Gasteiger partial charge in [0.05, 0.1) is 10.6 Å². The lowest BCUT2D eigenvalue weighted by atomic mass is 10.2. The summed E-state index contributed by atoms with van der Waals surface area (Å²) >= 11 is 5.77. The Morgan fingerprint density at radius 1 is 1.56 bits per heavy atom. The maximum Gasteiger partial charge on any atom is 0.255 e. The third kappa shape index (κ3) is 2.79. The van der Waals surface area contributed by atoms with Gasteiger partial charge in [-0.05, 0) is 18.6 Å². The fourth-order valence-electron chi connectivity index (χ4n) is 1.85. The summed E-state index contributed by atoms with van der Waals surface area (Å²) < 4.78 is 13.4. The van der Waals surface area contributed by atoms with Crippen molar-refractivity contribution in [1.82, 2.24) is 10.6 Å². The van der Waals surface area contributed by atoms with E-state index in [1.807, 2.05) is 0 Å². The van der Waals surface area contributed by atoms with Crippen molar-refractivity contribution in [3.63, 3.8) is 0 Å². The minimum Gasteiger partial charge on any atom is -0.352 e. The van der Waals surface area contributed by atoms with Gasteiger partial charge in [0.15, 0.2) is 0 Å². The molecule has 0 radical (unpaired) electrons. The SMILES string of the molecule is O=C1CCC(CNC(=O)c2c(F)cccc2Cl)N1. The molecule has 0 bridgehead atoms. The molecule has 1 aromatic rings. The van der Waals surface area contributed by atoms with Crippen LogP contribution in [0.1, 0.15) is 23.2 Å². The van der Waals surface area contributed by atoms with Crippen molar-refractivity contribution < 1.29 is 14.0 Å². The number of amides is 2. The topological polar surface area (TPSA) is 58.2 Å². The van der Waals surface area contributed by atoms with Crippen LogP contribution in [-0.2, 0) is 4.79 Å². The number of halogens is 2. The van der Waals surface area contributed by atoms with Gasteiger partial charge >= 0.3 is 0 Å². The highest BCUT2D eigenvalue weighted by Gasteiger charge is 2.22. The van der Waals surface area contributed by atoms with Crippen LogP contribution in [0.3, 0.4) is 0 Å². The summed E-state index contributed by atoms with van der Waals surface area (Å²) in [5.74, 6) is -1.26. The first-order chi connectivity index (χ1) is 8.58. The van der Waals surface area contributed by atoms with E-state index in [4.69, 9.17) is 11.6 Å². The average molecular weight is 271 g/mol. The van der Waals surface area contributed by atoms with Crippen molar-refractivity contribution in [2.75, 3.05) is 6.54 Å². The van der Waals surface area contributed by atoms with E-state index in [1.54, 1.807) is 0 Å². The maximum absolute atomic E-state index is 13.4. The number of rotatable bonds is 3. The van der Waals surface area contributed by atoms with E-state index >= 15 is 0 Å². The number of benzene rings is 1. The zero-order valence-corrected chi connectivity index (χ0v) is 10.3. The standard InChI is InChI=1S/C12H12ClFN2O2/c13-8-2-1-3-9(14)11(8)12(18)15-6-7-4-5-10(17)16-7/h1-3,7H,4-6H2,(H,15,18)(H,16,17). The van der Waals surface area contributed by atoms with Crippen LogP contribution in [-0.4, -0.2) is 24.4 Å². The highest BCUT2D eigenvalue weighted by molar-refractivity contribution is 6.33. The first-order valence-electron chi connectivity index (χ1n) is 5.59. The Morgan fingerprint density at radius 2 is 2.33 bits per heavy atom. The Labute approximate surface area is 109 Å². The van der Waals surface area contributed by atoms with Crippen LogP contribution in [0.4, 0.5) is 4.39 Å². The second kappa shape index (κ2) is 5.35. The van der Waals surface area contributed by atoms with Gasteiger partial charge in [0, 0.05) is 19.0 Å². The van der Waals surface area contributed by atoms with Gasteiger partial charge in [-0.2, -0.15) is 0 Å². The van der Waals surface area contributed by atoms with Gasteiger partial charge in [-0.25, -0.2) is 4.39 Å². The van der Waals surface area contributed by atoms with Crippen LogP contribution < -0.4 is 10.6 Å². The largest absolute Gasteiger partial charge is 0.352 e. The van der Waals surface area contributed by atoms with Gasteiger partial charge in [0.25, 0.3) is 5.91 Å². The molecule has 4 nitrogen and oxygen atoms in total. The molecule has 1 aliphatic rings. The third-order valence-electron chi connectivity index (χ3n) is 2.78. The summed E-state index contributed by atoms with van der Waals surface area (Å²) in [7, 11) is 0. The molecule has 0 saturated carbocycles. The molecule has 1 heterocycles. The van der Waals surface area contributed by atoms with Gasteiger partial charge in [-0.15, -0.1) is 0 Å². The van der Waals surface area contributed by atoms with Gasteiger partial charge in [0.1, 0.15) is 5.82 Å². The number of carbonyl (C=O) groups excluding carboxylic acids is 2. The lowest BCUT2D eigenvalue weighted by Gasteiger charge is -2.12. The minimum absolute atomic E-state index is 0.0295. The highest BCUT2D eigenvalue weighted by Crippen LogP contribution is 2.18. The summed E-state index contributed by atoms with van der Waals surface area (Å²) in [6.45, 7) is 0.273. The van der Waals surface area contributed by atoms with E-state index < -0.39 is 11.7 Å². The molecule has 1 aromatic carbocycles. The molecule has 1 atom stereocenters. The second-order valence-corrected chi connectivity index (χ2v) is 4.52. The first-order valence-corrected chi connectivity index (χ1v) is 5.97. The van der Waals surface area contributed by atoms with Gasteiger partial charge < -0.3 is 10.6 Å². The van der Waals surface area contributed by atoms with Crippen molar-refractivity contribution in [2.45, 2.75) is 18.9 Å². The van der Waals surface area contributed by atoms with Crippen LogP contribution in [0.25, 0.3) is 0 Å². The highest BCUT2D eigenvalue weighted by atomic mass is 35.5. The van der Waals surface area contributed by atoms with Gasteiger partial charge in [-0.1, -0.05) is 17.7 Å². The molecule has 1 saturated heterocycles. The molecule has 0 aliphatic carbocycles. The Bertz CT molecular complexity index is 473. The number of hydrogen-bond acceptors (Lipinski definition) is 2. The molecule has 18 heavy (non-hydrogen) atoms. The molecule has 1 unspecified atom stereocenters. The van der Waals surface area contributed by atoms with Crippen LogP contribution in [0.2, 0.25) is 5.02 Å². The summed E-state index contributed by atoms with van der Waals surface area (Å²) in [6, 6.07) is 3.98. The lowest BCUT2D eigenvalue weighted by molar-refractivity contribution is -0.119. The van der Waals surface area contributed by atoms with Crippen LogP contribution in [0.5, 0.6) is 0 Å². The quantitative estimate of drug-likeness (QED) is 0.874. The van der Waals surface area contributed by atoms with E-state index in [-0.39, 0.29) is 29.1 Å². The van der Waals surface area contributed by atoms with Gasteiger partial charge in [-0.3, -0.25) is 9.59 Å². The first kappa shape index (κ1) is 12.8. The van der Waals surface area contributed by atoms with Crippen molar-refractivity contribution in [1.29, 1.82) is 0 Å². The maximum atomic E-state index is 13.4. The number of hydrogen-bond donors (Lipinski definition) is 2. The molecule has 0 aromatic heterocycles. The normalized spacial score (nSPS) is 18.6. The summed E-state index contributed by atoms with van der Waals surface area (Å²) in [6.07, 6.45) is 1.13. The molecule has 2 amide bonds. The minimum atomic E-state index is -0.657. The molecule has 96 valence electrons. The van der Waals surface area contributed by atoms with E-state index in [9.17, 15) is 14.0 Å². The van der Waals surface area contributed by atoms with Crippen molar-refractivity contribution in [2.24, 2.45) is 0 Å². The summed E-state index contributed by atoms with van der Waals surface area (Å²) in [5, 5.41) is 5.35. The van der Waals surface area contributed by atoms with Crippen molar-refractivity contribution >= 4 is 23.4 Å². The smallest absolute Gasteiger partial charge is 0.255 e. The van der Waals surface area contributed by atoms with E-state index in [0.29, 0.717) is 12.8 Å². The summed E-state index contributed by atoms with van der Waals surface area (Å²) in [4.78, 5) is 22.7. The van der Waals surface area contributed by atoms with E-state index in [1.165, 1.54) is 18.2 Å². The Balaban J connectivity index is 1.98. The fourth-order valence-corrected chi connectivity index (χ4v) is 2.10. The monoisotopic (exact) mass is 270 g/mol. The van der Waals surface area contributed by atoms with Gasteiger partial charge in [0.2, 0.25) is 5.91 Å². The molecule has 1 fully saturated rings. The number of carbonyl (C=O) groups is 2. The van der Waals surface area contributed by atoms with E-state index in [0.717, 1.165) is 0 Å². The predicted molar refractivity (Wildman–Crippen MR) is 64.9 cm³/mol. The zero-order chi connectivity index (χ0) is 13.1. The zero-order valence-electron chi connectivity index (χ0n) is 9.50. The fraction of sp³-hybridized carbons (Fsp3) is 0.333. The van der Waals surface area contributed by atoms with E-state index in [2.05, 4.69) is 10.6 Å². The second-order valence-electron chi connectivity index (χ2n) is 4.11. The third-order valence-corrected chi connectivity index (χ3v) is 3.10. The lowest BCUT2D eigenvalue weighted by Crippen LogP contribution is -2.38. The number of nitrogens with one attached hydrogen (secondary N) is 2. The van der Waals surface area contributed by atoms with Crippen molar-refractivity contribution in [3.05, 3.63) is 34.6 Å². The Hall–Kier alpha value is -1.62. The Kier molecular flexibility index (Phi) is 3.81. The van der Waals surface area contributed by atoms with Crippen LogP contribution in [0.15, 0.2) is 18.2 Å². The molecular weight excluding hydrogens is 259 g/mol. The average Bonchev–Trinajstić information content (AvgIpc) is 2.72. The Morgan fingerprint density at radius 3 is 2.94 bits per heavy atom. The van der Waals surface area contributed by atoms with Crippen molar-refractivity contribution in [3.8, 4) is 0 Å². The van der Waals surface area contributed by atoms with Crippen LogP contribution in [0, 0.1) is 5.82 Å². The molecule has 1 aliphatic heterocycles. The molecule has 6 heteroatoms.